The minimum atomic E-state index is -1.11. The number of carboxylic acids is 1. The molecule has 1 aromatic rings. The highest BCUT2D eigenvalue weighted by Gasteiger charge is 2.45. The Morgan fingerprint density at radius 3 is 2.90 bits per heavy atom. The fourth-order valence-corrected chi connectivity index (χ4v) is 2.70. The fraction of sp³-hybridized carbons (Fsp3) is 0.286. The number of rotatable bonds is 4. The number of aromatic nitrogens is 1. The third-order valence-electron chi connectivity index (χ3n) is 3.59. The zero-order valence-electron chi connectivity index (χ0n) is 11.1. The Balaban J connectivity index is 2.03. The molecule has 3 rings (SSSR count). The molecule has 108 valence electrons. The minimum absolute atomic E-state index is 0.207. The van der Waals surface area contributed by atoms with Crippen LogP contribution in [0, 0.1) is 5.92 Å². The van der Waals surface area contributed by atoms with E-state index in [0.717, 1.165) is 0 Å². The van der Waals surface area contributed by atoms with Gasteiger partial charge in [0.15, 0.2) is 0 Å². The lowest BCUT2D eigenvalue weighted by atomic mass is 9.92. The molecule has 0 radical (unpaired) electrons. The van der Waals surface area contributed by atoms with Crippen molar-refractivity contribution in [2.75, 3.05) is 13.1 Å². The molecule has 0 unspecified atom stereocenters. The average Bonchev–Trinajstić information content (AvgIpc) is 3.03. The Morgan fingerprint density at radius 2 is 2.24 bits per heavy atom. The molecule has 2 aliphatic rings. The summed E-state index contributed by atoms with van der Waals surface area (Å²) in [7, 11) is 0. The summed E-state index contributed by atoms with van der Waals surface area (Å²) >= 11 is 0. The monoisotopic (exact) mass is 287 g/mol. The Hall–Kier alpha value is -2.70. The molecule has 1 saturated heterocycles. The summed E-state index contributed by atoms with van der Waals surface area (Å²) in [6, 6.07) is 4.91. The van der Waals surface area contributed by atoms with Gasteiger partial charge in [-0.15, -0.1) is 0 Å². The molecule has 0 saturated carbocycles. The van der Waals surface area contributed by atoms with E-state index in [1.165, 1.54) is 11.1 Å². The van der Waals surface area contributed by atoms with Gasteiger partial charge in [-0.05, 0) is 12.1 Å². The Kier molecular flexibility index (Phi) is 3.17. The first-order valence-electron chi connectivity index (χ1n) is 6.56. The highest BCUT2D eigenvalue weighted by molar-refractivity contribution is 6.14. The molecule has 7 nitrogen and oxygen atoms in total. The lowest BCUT2D eigenvalue weighted by molar-refractivity contribution is -0.141. The zero-order valence-corrected chi connectivity index (χ0v) is 11.1. The van der Waals surface area contributed by atoms with Gasteiger partial charge in [0.25, 0.3) is 0 Å². The number of hydrogen-bond acceptors (Lipinski definition) is 5. The van der Waals surface area contributed by atoms with E-state index in [-0.39, 0.29) is 17.2 Å². The highest BCUT2D eigenvalue weighted by atomic mass is 16.4. The van der Waals surface area contributed by atoms with Crippen LogP contribution in [0.5, 0.6) is 0 Å². The predicted octanol–water partition coefficient (Wildman–Crippen LogP) is 0.0122. The third-order valence-corrected chi connectivity index (χ3v) is 3.59. The Morgan fingerprint density at radius 1 is 1.43 bits per heavy atom. The van der Waals surface area contributed by atoms with Crippen molar-refractivity contribution in [3.05, 3.63) is 41.5 Å². The summed E-state index contributed by atoms with van der Waals surface area (Å²) in [5.41, 5.74) is 0.414. The van der Waals surface area contributed by atoms with E-state index < -0.39 is 24.1 Å². The van der Waals surface area contributed by atoms with Crippen molar-refractivity contribution in [1.29, 1.82) is 0 Å². The van der Waals surface area contributed by atoms with Gasteiger partial charge in [0, 0.05) is 19.3 Å². The fourth-order valence-electron chi connectivity index (χ4n) is 2.70. The summed E-state index contributed by atoms with van der Waals surface area (Å²) in [5, 5.41) is 12.0. The first-order valence-corrected chi connectivity index (χ1v) is 6.56. The molecule has 2 N–H and O–H groups in total. The average molecular weight is 287 g/mol. The summed E-state index contributed by atoms with van der Waals surface area (Å²) in [6.07, 6.45) is 1.09. The third kappa shape index (κ3) is 2.16. The largest absolute Gasteiger partial charge is 0.481 e. The second kappa shape index (κ2) is 5.01. The Bertz CT molecular complexity index is 653. The van der Waals surface area contributed by atoms with Crippen molar-refractivity contribution < 1.29 is 19.5 Å². The smallest absolute Gasteiger partial charge is 0.304 e. The van der Waals surface area contributed by atoms with Crippen LogP contribution in [0.1, 0.15) is 16.9 Å². The van der Waals surface area contributed by atoms with Crippen LogP contribution in [0.3, 0.4) is 0 Å². The second-order valence-corrected chi connectivity index (χ2v) is 4.87. The molecule has 1 fully saturated rings. The lowest BCUT2D eigenvalue weighted by Crippen LogP contribution is -2.29. The van der Waals surface area contributed by atoms with Crippen LogP contribution in [0.2, 0.25) is 0 Å². The molecule has 0 bridgehead atoms. The molecular weight excluding hydrogens is 274 g/mol. The van der Waals surface area contributed by atoms with Crippen LogP contribution in [0.25, 0.3) is 0 Å². The molecule has 1 aromatic heterocycles. The van der Waals surface area contributed by atoms with E-state index in [4.69, 9.17) is 5.11 Å². The van der Waals surface area contributed by atoms with Crippen LogP contribution in [0.15, 0.2) is 35.8 Å². The van der Waals surface area contributed by atoms with Gasteiger partial charge in [-0.1, -0.05) is 6.07 Å². The zero-order chi connectivity index (χ0) is 15.0. The lowest BCUT2D eigenvalue weighted by Gasteiger charge is -2.11. The number of Topliss-reactive ketones (excluding diaryl/α,β-unsaturated/α-hetero) is 1. The van der Waals surface area contributed by atoms with Crippen molar-refractivity contribution in [2.45, 2.75) is 6.42 Å². The number of carbonyl (C=O) groups is 3. The summed E-state index contributed by atoms with van der Waals surface area (Å²) < 4.78 is 0. The molecule has 1 atom stereocenters. The highest BCUT2D eigenvalue weighted by Crippen LogP contribution is 2.34. The van der Waals surface area contributed by atoms with Gasteiger partial charge in [0.05, 0.1) is 17.9 Å². The first-order chi connectivity index (χ1) is 10.1. The van der Waals surface area contributed by atoms with E-state index in [1.54, 1.807) is 18.2 Å². The number of ketones is 1. The maximum atomic E-state index is 12.6. The molecule has 1 amide bonds. The van der Waals surface area contributed by atoms with Crippen molar-refractivity contribution >= 4 is 17.7 Å². The maximum absolute atomic E-state index is 12.6. The number of hydrogen-bond donors (Lipinski definition) is 2. The van der Waals surface area contributed by atoms with Crippen LogP contribution >= 0.6 is 0 Å². The number of pyridine rings is 1. The summed E-state index contributed by atoms with van der Waals surface area (Å²) in [5.74, 6) is -2.36. The number of nitrogens with zero attached hydrogens (tertiary/aromatic N) is 2. The molecule has 21 heavy (non-hydrogen) atoms. The van der Waals surface area contributed by atoms with Crippen molar-refractivity contribution in [3.63, 3.8) is 0 Å². The normalized spacial score (nSPS) is 20.5. The van der Waals surface area contributed by atoms with Gasteiger partial charge in [0.2, 0.25) is 11.7 Å². The van der Waals surface area contributed by atoms with Gasteiger partial charge in [-0.3, -0.25) is 24.3 Å². The van der Waals surface area contributed by atoms with Crippen LogP contribution < -0.4 is 5.32 Å². The van der Waals surface area contributed by atoms with Crippen LogP contribution in [-0.4, -0.2) is 45.7 Å². The van der Waals surface area contributed by atoms with Gasteiger partial charge < -0.3 is 10.4 Å². The van der Waals surface area contributed by atoms with E-state index in [1.807, 2.05) is 0 Å². The number of fused-ring (bicyclic) bond motifs is 1. The standard InChI is InChI=1S/C14H13N3O4/c18-10(19)7-8-11(12(20)9-3-1-2-4-15-9)13-16-5-6-17(13)14(8)21/h1-4,8,16H,5-7H2,(H,18,19)/t8-/m1/s1. The maximum Gasteiger partial charge on any atom is 0.304 e. The molecular formula is C14H13N3O4. The number of nitrogens with one attached hydrogen (secondary N) is 1. The van der Waals surface area contributed by atoms with E-state index in [0.29, 0.717) is 18.9 Å². The number of carbonyl (C=O) groups excluding carboxylic acids is 2. The predicted molar refractivity (Wildman–Crippen MR) is 71.1 cm³/mol. The topological polar surface area (TPSA) is 99.6 Å². The first kappa shape index (κ1) is 13.3. The van der Waals surface area contributed by atoms with Gasteiger partial charge in [-0.2, -0.15) is 0 Å². The molecule has 0 spiro atoms. The van der Waals surface area contributed by atoms with Crippen molar-refractivity contribution in [1.82, 2.24) is 15.2 Å². The van der Waals surface area contributed by atoms with Gasteiger partial charge in [0.1, 0.15) is 11.5 Å². The molecule has 0 aliphatic carbocycles. The van der Waals surface area contributed by atoms with Crippen molar-refractivity contribution in [2.24, 2.45) is 5.92 Å². The van der Waals surface area contributed by atoms with E-state index in [2.05, 4.69) is 10.3 Å². The number of carboxylic acid groups (broad SMARTS) is 1. The summed E-state index contributed by atoms with van der Waals surface area (Å²) in [6.45, 7) is 1.00. The van der Waals surface area contributed by atoms with E-state index >= 15 is 0 Å². The number of amides is 1. The van der Waals surface area contributed by atoms with E-state index in [9.17, 15) is 14.4 Å². The van der Waals surface area contributed by atoms with Crippen LogP contribution in [0.4, 0.5) is 0 Å². The van der Waals surface area contributed by atoms with Gasteiger partial charge >= 0.3 is 5.97 Å². The molecule has 0 aromatic carbocycles. The number of aliphatic carboxylic acids is 1. The molecule has 3 heterocycles. The molecule has 7 heteroatoms. The Labute approximate surface area is 120 Å². The summed E-state index contributed by atoms with van der Waals surface area (Å²) in [4.78, 5) is 41.3. The van der Waals surface area contributed by atoms with Crippen molar-refractivity contribution in [3.8, 4) is 0 Å². The quantitative estimate of drug-likeness (QED) is 0.757. The molecule has 2 aliphatic heterocycles. The SMILES string of the molecule is O=C(O)C[C@H]1C(=O)N2CCNC2=C1C(=O)c1ccccn1. The van der Waals surface area contributed by atoms with Crippen LogP contribution in [-0.2, 0) is 9.59 Å². The van der Waals surface area contributed by atoms with Gasteiger partial charge in [-0.25, -0.2) is 0 Å². The minimum Gasteiger partial charge on any atom is -0.481 e. The second-order valence-electron chi connectivity index (χ2n) is 4.87.